The summed E-state index contributed by atoms with van der Waals surface area (Å²) in [5.41, 5.74) is 16.1. The van der Waals surface area contributed by atoms with Gasteiger partial charge in [0.15, 0.2) is 0 Å². The Balaban J connectivity index is 1.08. The molecule has 0 N–H and O–H groups in total. The summed E-state index contributed by atoms with van der Waals surface area (Å²) in [6.45, 7) is 4.72. The highest BCUT2D eigenvalue weighted by Crippen LogP contribution is 2.51. The number of rotatable bonds is 6. The molecular weight excluding hydrogens is 707 g/mol. The molecule has 0 spiro atoms. The lowest BCUT2D eigenvalue weighted by molar-refractivity contribution is 0.660. The standard InChI is InChI=1S/C55H39NS/c1-55(2)49-21-10-8-19-46(49)47-30-29-44(35-50(47)55)56(43-18-12-17-40(34-43)36-13-4-3-5-14-36)42-27-25-38(26-28-42)45-31-32-52-54(48-20-9-11-22-51(48)57-52)53(45)41-24-23-37-15-6-7-16-39(37)33-41/h3-35H,1-2H3. The Kier molecular flexibility index (Phi) is 7.77. The predicted octanol–water partition coefficient (Wildman–Crippen LogP) is 16.0. The smallest absolute Gasteiger partial charge is 0.0467 e. The Morgan fingerprint density at radius 3 is 1.93 bits per heavy atom. The number of benzene rings is 9. The maximum Gasteiger partial charge on any atom is 0.0467 e. The Morgan fingerprint density at radius 1 is 0.386 bits per heavy atom. The van der Waals surface area contributed by atoms with Gasteiger partial charge >= 0.3 is 0 Å². The maximum atomic E-state index is 2.43. The normalized spacial score (nSPS) is 12.9. The molecule has 10 aromatic rings. The van der Waals surface area contributed by atoms with Gasteiger partial charge in [-0.25, -0.2) is 0 Å². The quantitative estimate of drug-likeness (QED) is 0.164. The predicted molar refractivity (Wildman–Crippen MR) is 245 cm³/mol. The van der Waals surface area contributed by atoms with Gasteiger partial charge in [-0.15, -0.1) is 11.3 Å². The number of hydrogen-bond acceptors (Lipinski definition) is 2. The second-order valence-electron chi connectivity index (χ2n) is 15.7. The first-order chi connectivity index (χ1) is 28.0. The van der Waals surface area contributed by atoms with E-state index in [4.69, 9.17) is 0 Å². The fourth-order valence-electron chi connectivity index (χ4n) is 9.23. The molecule has 0 bridgehead atoms. The molecule has 270 valence electrons. The molecule has 0 aliphatic heterocycles. The van der Waals surface area contributed by atoms with E-state index in [9.17, 15) is 0 Å². The fraction of sp³-hybridized carbons (Fsp3) is 0.0545. The molecular formula is C55H39NS. The Bertz CT molecular complexity index is 3150. The van der Waals surface area contributed by atoms with Gasteiger partial charge < -0.3 is 4.90 Å². The summed E-state index contributed by atoms with van der Waals surface area (Å²) in [4.78, 5) is 2.43. The summed E-state index contributed by atoms with van der Waals surface area (Å²) < 4.78 is 2.63. The van der Waals surface area contributed by atoms with Crippen LogP contribution in [-0.4, -0.2) is 0 Å². The van der Waals surface area contributed by atoms with Gasteiger partial charge in [0, 0.05) is 42.6 Å². The van der Waals surface area contributed by atoms with Gasteiger partial charge in [-0.05, 0) is 121 Å². The Hall–Kier alpha value is -6.74. The van der Waals surface area contributed by atoms with Crippen molar-refractivity contribution in [3.05, 3.63) is 211 Å². The van der Waals surface area contributed by atoms with E-state index in [1.54, 1.807) is 0 Å². The average molecular weight is 746 g/mol. The van der Waals surface area contributed by atoms with Crippen LogP contribution in [0.25, 0.3) is 75.5 Å². The number of fused-ring (bicyclic) bond motifs is 7. The van der Waals surface area contributed by atoms with Crippen LogP contribution in [0.3, 0.4) is 0 Å². The van der Waals surface area contributed by atoms with Gasteiger partial charge in [0.2, 0.25) is 0 Å². The van der Waals surface area contributed by atoms with E-state index in [1.807, 2.05) is 11.3 Å². The van der Waals surface area contributed by atoms with Crippen molar-refractivity contribution in [3.8, 4) is 44.5 Å². The van der Waals surface area contributed by atoms with Crippen molar-refractivity contribution in [1.82, 2.24) is 0 Å². The maximum absolute atomic E-state index is 2.43. The highest BCUT2D eigenvalue weighted by atomic mass is 32.1. The molecule has 1 aliphatic rings. The Labute approximate surface area is 337 Å². The van der Waals surface area contributed by atoms with Crippen LogP contribution < -0.4 is 4.90 Å². The summed E-state index contributed by atoms with van der Waals surface area (Å²) in [6.07, 6.45) is 0. The van der Waals surface area contributed by atoms with Crippen LogP contribution in [0, 0.1) is 0 Å². The molecule has 0 atom stereocenters. The van der Waals surface area contributed by atoms with E-state index in [2.05, 4.69) is 219 Å². The summed E-state index contributed by atoms with van der Waals surface area (Å²) in [5.74, 6) is 0. The van der Waals surface area contributed by atoms with E-state index in [0.717, 1.165) is 17.1 Å². The molecule has 1 aliphatic carbocycles. The second kappa shape index (κ2) is 13.2. The molecule has 9 aromatic carbocycles. The minimum absolute atomic E-state index is 0.104. The molecule has 11 rings (SSSR count). The molecule has 0 unspecified atom stereocenters. The van der Waals surface area contributed by atoms with Gasteiger partial charge in [-0.1, -0.05) is 159 Å². The molecule has 0 saturated carbocycles. The summed E-state index contributed by atoms with van der Waals surface area (Å²) in [6, 6.07) is 73.9. The van der Waals surface area contributed by atoms with Crippen LogP contribution in [0.15, 0.2) is 200 Å². The van der Waals surface area contributed by atoms with Gasteiger partial charge in [0.05, 0.1) is 0 Å². The first-order valence-corrected chi connectivity index (χ1v) is 20.6. The van der Waals surface area contributed by atoms with Gasteiger partial charge in [-0.2, -0.15) is 0 Å². The summed E-state index contributed by atoms with van der Waals surface area (Å²) in [7, 11) is 0. The van der Waals surface area contributed by atoms with Crippen molar-refractivity contribution in [2.24, 2.45) is 0 Å². The lowest BCUT2D eigenvalue weighted by Gasteiger charge is -2.28. The van der Waals surface area contributed by atoms with Crippen LogP contribution in [0.4, 0.5) is 17.1 Å². The lowest BCUT2D eigenvalue weighted by Crippen LogP contribution is -2.16. The zero-order valence-corrected chi connectivity index (χ0v) is 32.7. The monoisotopic (exact) mass is 745 g/mol. The first-order valence-electron chi connectivity index (χ1n) is 19.8. The summed E-state index contributed by atoms with van der Waals surface area (Å²) in [5, 5.41) is 5.14. The SMILES string of the molecule is CC1(C)c2ccccc2-c2ccc(N(c3ccc(-c4ccc5sc6ccccc6c5c4-c4ccc5ccccc5c4)cc3)c3cccc(-c4ccccc4)c3)cc21. The van der Waals surface area contributed by atoms with E-state index >= 15 is 0 Å². The topological polar surface area (TPSA) is 3.24 Å². The molecule has 57 heavy (non-hydrogen) atoms. The molecule has 0 saturated heterocycles. The second-order valence-corrected chi connectivity index (χ2v) is 16.8. The van der Waals surface area contributed by atoms with Crippen molar-refractivity contribution in [2.45, 2.75) is 19.3 Å². The minimum Gasteiger partial charge on any atom is -0.310 e. The fourth-order valence-corrected chi connectivity index (χ4v) is 10.3. The van der Waals surface area contributed by atoms with E-state index in [1.165, 1.54) is 86.6 Å². The van der Waals surface area contributed by atoms with Crippen molar-refractivity contribution in [2.75, 3.05) is 4.90 Å². The van der Waals surface area contributed by atoms with E-state index in [-0.39, 0.29) is 5.41 Å². The molecule has 1 heterocycles. The Morgan fingerprint density at radius 2 is 1.05 bits per heavy atom. The van der Waals surface area contributed by atoms with Crippen LogP contribution in [0.2, 0.25) is 0 Å². The van der Waals surface area contributed by atoms with Crippen molar-refractivity contribution in [3.63, 3.8) is 0 Å². The zero-order valence-electron chi connectivity index (χ0n) is 31.9. The molecule has 0 fully saturated rings. The largest absolute Gasteiger partial charge is 0.310 e. The highest BCUT2D eigenvalue weighted by molar-refractivity contribution is 7.26. The molecule has 1 nitrogen and oxygen atoms in total. The third-order valence-corrected chi connectivity index (χ3v) is 13.2. The number of nitrogens with zero attached hydrogens (tertiary/aromatic N) is 1. The van der Waals surface area contributed by atoms with E-state index < -0.39 is 0 Å². The van der Waals surface area contributed by atoms with Gasteiger partial charge in [0.1, 0.15) is 0 Å². The first kappa shape index (κ1) is 33.6. The minimum atomic E-state index is -0.104. The number of hydrogen-bond donors (Lipinski definition) is 0. The lowest BCUT2D eigenvalue weighted by atomic mass is 9.82. The van der Waals surface area contributed by atoms with Crippen molar-refractivity contribution in [1.29, 1.82) is 0 Å². The van der Waals surface area contributed by atoms with Crippen LogP contribution >= 0.6 is 11.3 Å². The van der Waals surface area contributed by atoms with Gasteiger partial charge in [0.25, 0.3) is 0 Å². The molecule has 1 aromatic heterocycles. The summed E-state index contributed by atoms with van der Waals surface area (Å²) >= 11 is 1.88. The third-order valence-electron chi connectivity index (χ3n) is 12.1. The van der Waals surface area contributed by atoms with Crippen LogP contribution in [-0.2, 0) is 5.41 Å². The number of anilines is 3. The van der Waals surface area contributed by atoms with Crippen LogP contribution in [0.1, 0.15) is 25.0 Å². The van der Waals surface area contributed by atoms with Gasteiger partial charge in [-0.3, -0.25) is 0 Å². The number of thiophene rings is 1. The van der Waals surface area contributed by atoms with Crippen LogP contribution in [0.5, 0.6) is 0 Å². The van der Waals surface area contributed by atoms with Crippen molar-refractivity contribution >= 4 is 59.3 Å². The molecule has 0 radical (unpaired) electrons. The van der Waals surface area contributed by atoms with Crippen molar-refractivity contribution < 1.29 is 0 Å². The van der Waals surface area contributed by atoms with E-state index in [0.29, 0.717) is 0 Å². The zero-order chi connectivity index (χ0) is 38.1. The highest BCUT2D eigenvalue weighted by Gasteiger charge is 2.35. The molecule has 0 amide bonds. The average Bonchev–Trinajstić information content (AvgIpc) is 3.76. The third kappa shape index (κ3) is 5.51. The molecule has 2 heteroatoms.